The molecule has 0 fully saturated rings. The molecule has 13 heteroatoms. The van der Waals surface area contributed by atoms with Crippen molar-refractivity contribution in [3.63, 3.8) is 0 Å². The summed E-state index contributed by atoms with van der Waals surface area (Å²) < 4.78 is 17.5. The number of carbonyl (C=O) groups is 5. The highest BCUT2D eigenvalue weighted by Gasteiger charge is 2.39. The highest BCUT2D eigenvalue weighted by Crippen LogP contribution is 2.36. The highest BCUT2D eigenvalue weighted by atomic mass is 16.6. The maximum Gasteiger partial charge on any atom is 0.352 e. The summed E-state index contributed by atoms with van der Waals surface area (Å²) in [5.41, 5.74) is 1.40. The molecule has 2 aliphatic heterocycles. The molecule has 0 bridgehead atoms. The summed E-state index contributed by atoms with van der Waals surface area (Å²) in [6.07, 6.45) is -3.30. The van der Waals surface area contributed by atoms with Gasteiger partial charge in [-0.15, -0.1) is 0 Å². The Labute approximate surface area is 244 Å². The number of nitrogens with one attached hydrogen (secondary N) is 1. The number of para-hydroxylation sites is 1. The lowest BCUT2D eigenvalue weighted by Crippen LogP contribution is -2.45. The minimum Gasteiger partial charge on any atom is -0.481 e. The van der Waals surface area contributed by atoms with Crippen molar-refractivity contribution in [1.29, 1.82) is 0 Å². The lowest BCUT2D eigenvalue weighted by Gasteiger charge is -2.27. The number of aliphatic carboxylic acids is 1. The quantitative estimate of drug-likeness (QED) is 0.226. The minimum absolute atomic E-state index is 0.108. The summed E-state index contributed by atoms with van der Waals surface area (Å²) in [6.45, 7) is 4.77. The molecule has 0 saturated carbocycles. The van der Waals surface area contributed by atoms with E-state index in [1.54, 1.807) is 26.8 Å². The van der Waals surface area contributed by atoms with Gasteiger partial charge in [0.2, 0.25) is 12.0 Å². The molecule has 43 heavy (non-hydrogen) atoms. The zero-order chi connectivity index (χ0) is 31.1. The van der Waals surface area contributed by atoms with Crippen molar-refractivity contribution in [3.05, 3.63) is 63.4 Å². The zero-order valence-electron chi connectivity index (χ0n) is 23.7. The Balaban J connectivity index is 1.46. The van der Waals surface area contributed by atoms with Crippen molar-refractivity contribution >= 4 is 40.7 Å². The van der Waals surface area contributed by atoms with Crippen molar-refractivity contribution in [3.8, 4) is 11.4 Å². The number of fused-ring (bicyclic) bond motifs is 5. The van der Waals surface area contributed by atoms with E-state index in [-0.39, 0.29) is 24.3 Å². The first-order valence-corrected chi connectivity index (χ1v) is 13.6. The minimum atomic E-state index is -1.67. The molecule has 0 spiro atoms. The van der Waals surface area contributed by atoms with Gasteiger partial charge >= 0.3 is 23.9 Å². The van der Waals surface area contributed by atoms with Gasteiger partial charge in [-0.2, -0.15) is 0 Å². The van der Waals surface area contributed by atoms with Crippen molar-refractivity contribution in [2.75, 3.05) is 0 Å². The largest absolute Gasteiger partial charge is 0.481 e. The fourth-order valence-electron chi connectivity index (χ4n) is 5.00. The van der Waals surface area contributed by atoms with Crippen LogP contribution in [0.5, 0.6) is 0 Å². The van der Waals surface area contributed by atoms with E-state index in [1.807, 2.05) is 30.3 Å². The van der Waals surface area contributed by atoms with E-state index >= 15 is 0 Å². The Morgan fingerprint density at radius 2 is 1.88 bits per heavy atom. The maximum absolute atomic E-state index is 13.5. The number of amides is 1. The Morgan fingerprint density at radius 3 is 2.60 bits per heavy atom. The fourth-order valence-corrected chi connectivity index (χ4v) is 5.00. The Hall–Kier alpha value is -5.07. The van der Waals surface area contributed by atoms with Crippen LogP contribution < -0.4 is 10.9 Å². The summed E-state index contributed by atoms with van der Waals surface area (Å²) in [4.78, 5) is 80.3. The number of hydrogen-bond acceptors (Lipinski definition) is 10. The molecule has 3 aromatic rings. The van der Waals surface area contributed by atoms with Crippen LogP contribution in [0.15, 0.2) is 41.2 Å². The van der Waals surface area contributed by atoms with Gasteiger partial charge in [-0.05, 0) is 39.0 Å². The zero-order valence-corrected chi connectivity index (χ0v) is 23.7. The molecule has 1 unspecified atom stereocenters. The van der Waals surface area contributed by atoms with Crippen LogP contribution in [-0.4, -0.2) is 56.1 Å². The van der Waals surface area contributed by atoms with Crippen LogP contribution in [-0.2, 0) is 51.3 Å². The van der Waals surface area contributed by atoms with Crippen LogP contribution in [0.2, 0.25) is 0 Å². The van der Waals surface area contributed by atoms with E-state index in [9.17, 15) is 28.8 Å². The molecule has 224 valence electrons. The number of aromatic nitrogens is 2. The smallest absolute Gasteiger partial charge is 0.352 e. The van der Waals surface area contributed by atoms with Gasteiger partial charge in [-0.1, -0.05) is 18.2 Å². The lowest BCUT2D eigenvalue weighted by molar-refractivity contribution is -0.174. The normalized spacial score (nSPS) is 15.9. The van der Waals surface area contributed by atoms with E-state index in [2.05, 4.69) is 5.32 Å². The van der Waals surface area contributed by atoms with Crippen LogP contribution in [0.25, 0.3) is 22.3 Å². The molecular formula is C30H29N3O10. The number of carboxylic acid groups (broad SMARTS) is 1. The number of hydrogen-bond donors (Lipinski definition) is 2. The third kappa shape index (κ3) is 6.25. The molecule has 2 atom stereocenters. The second-order valence-corrected chi connectivity index (χ2v) is 11.3. The molecule has 0 saturated heterocycles. The molecule has 2 aliphatic rings. The molecule has 2 aromatic heterocycles. The fraction of sp³-hybridized carbons (Fsp3) is 0.367. The monoisotopic (exact) mass is 591 g/mol. The van der Waals surface area contributed by atoms with Gasteiger partial charge in [0.25, 0.3) is 5.56 Å². The number of carboxylic acids is 1. The van der Waals surface area contributed by atoms with Crippen molar-refractivity contribution in [2.45, 2.75) is 70.9 Å². The third-order valence-corrected chi connectivity index (χ3v) is 6.87. The van der Waals surface area contributed by atoms with Crippen molar-refractivity contribution in [2.24, 2.45) is 0 Å². The standard InChI is InChI=1S/C30H29N3O10/c1-30(2,3)43-24(37)12-20(31-22(34)8-9-23(35)36)28(39)42-26-17-11-21-25-16(10-15-6-4-5-7-19(15)32-25)13-33(21)27(38)18(17)14-41-29(26)40/h4-7,10-11,20,26H,8-9,12-14H2,1-3H3,(H,31,34)(H,35,36)/t20?,26-/m0/s1. The number of rotatable bonds is 8. The molecular weight excluding hydrogens is 562 g/mol. The number of ether oxygens (including phenoxy) is 3. The van der Waals surface area contributed by atoms with E-state index in [0.717, 1.165) is 10.9 Å². The van der Waals surface area contributed by atoms with E-state index < -0.39 is 72.4 Å². The Kier molecular flexibility index (Phi) is 7.74. The molecule has 1 amide bonds. The second kappa shape index (κ2) is 11.3. The van der Waals surface area contributed by atoms with Crippen LogP contribution in [0.4, 0.5) is 0 Å². The van der Waals surface area contributed by atoms with Crippen molar-refractivity contribution in [1.82, 2.24) is 14.9 Å². The average molecular weight is 592 g/mol. The predicted octanol–water partition coefficient (Wildman–Crippen LogP) is 2.15. The van der Waals surface area contributed by atoms with Crippen LogP contribution in [0, 0.1) is 0 Å². The number of cyclic esters (lactones) is 1. The average Bonchev–Trinajstić information content (AvgIpc) is 3.28. The van der Waals surface area contributed by atoms with Gasteiger partial charge in [0, 0.05) is 22.9 Å². The summed E-state index contributed by atoms with van der Waals surface area (Å²) in [6, 6.07) is 9.38. The topological polar surface area (TPSA) is 180 Å². The van der Waals surface area contributed by atoms with Gasteiger partial charge in [0.15, 0.2) is 0 Å². The summed E-state index contributed by atoms with van der Waals surface area (Å²) in [5, 5.41) is 12.1. The van der Waals surface area contributed by atoms with Gasteiger partial charge in [-0.3, -0.25) is 19.2 Å². The van der Waals surface area contributed by atoms with Crippen LogP contribution in [0.3, 0.4) is 0 Å². The number of esters is 3. The summed E-state index contributed by atoms with van der Waals surface area (Å²) in [7, 11) is 0. The second-order valence-electron chi connectivity index (χ2n) is 11.3. The first kappa shape index (κ1) is 29.4. The predicted molar refractivity (Wildman–Crippen MR) is 148 cm³/mol. The molecule has 13 nitrogen and oxygen atoms in total. The van der Waals surface area contributed by atoms with Gasteiger partial charge in [0.1, 0.15) is 18.2 Å². The summed E-state index contributed by atoms with van der Waals surface area (Å²) in [5.74, 6) is -5.01. The van der Waals surface area contributed by atoms with Crippen molar-refractivity contribution < 1.29 is 43.3 Å². The molecule has 0 aliphatic carbocycles. The number of carbonyl (C=O) groups excluding carboxylic acids is 4. The molecule has 5 rings (SSSR count). The first-order chi connectivity index (χ1) is 20.3. The SMILES string of the molecule is CC(C)(C)OC(=O)CC(NC(=O)CCC(=O)O)C(=O)O[C@@H]1C(=O)OCc2c1cc1n(c2=O)Cc2cc3ccccc3nc2-1. The van der Waals surface area contributed by atoms with E-state index in [4.69, 9.17) is 24.3 Å². The third-order valence-electron chi connectivity index (χ3n) is 6.87. The number of pyridine rings is 2. The molecule has 0 radical (unpaired) electrons. The van der Waals surface area contributed by atoms with E-state index in [0.29, 0.717) is 16.9 Å². The highest BCUT2D eigenvalue weighted by molar-refractivity contribution is 5.91. The first-order valence-electron chi connectivity index (χ1n) is 13.6. The van der Waals surface area contributed by atoms with E-state index in [1.165, 1.54) is 4.57 Å². The van der Waals surface area contributed by atoms with Gasteiger partial charge < -0.3 is 29.2 Å². The molecule has 4 heterocycles. The van der Waals surface area contributed by atoms with Gasteiger partial charge in [0.05, 0.1) is 41.9 Å². The molecule has 1 aromatic carbocycles. The van der Waals surface area contributed by atoms with Gasteiger partial charge in [-0.25, -0.2) is 14.6 Å². The number of nitrogens with zero attached hydrogens (tertiary/aromatic N) is 2. The Bertz CT molecular complexity index is 1740. The maximum atomic E-state index is 13.5. The number of benzene rings is 1. The van der Waals surface area contributed by atoms with Crippen LogP contribution >= 0.6 is 0 Å². The summed E-state index contributed by atoms with van der Waals surface area (Å²) >= 11 is 0. The lowest BCUT2D eigenvalue weighted by atomic mass is 10.00. The molecule has 2 N–H and O–H groups in total. The Morgan fingerprint density at radius 1 is 1.14 bits per heavy atom. The van der Waals surface area contributed by atoms with Crippen LogP contribution in [0.1, 0.15) is 62.8 Å².